The van der Waals surface area contributed by atoms with Gasteiger partial charge in [-0.2, -0.15) is 0 Å². The number of fused-ring (bicyclic) bond motifs is 1. The number of carbonyl (C=O) groups excluding carboxylic acids is 1. The van der Waals surface area contributed by atoms with Crippen LogP contribution in [0, 0.1) is 5.92 Å². The molecule has 1 saturated carbocycles. The van der Waals surface area contributed by atoms with E-state index >= 15 is 0 Å². The van der Waals surface area contributed by atoms with Crippen LogP contribution in [-0.4, -0.2) is 48.9 Å². The number of nitrogens with zero attached hydrogens (tertiary/aromatic N) is 5. The van der Waals surface area contributed by atoms with Crippen LogP contribution >= 0.6 is 11.6 Å². The van der Waals surface area contributed by atoms with Crippen molar-refractivity contribution in [2.24, 2.45) is 5.92 Å². The summed E-state index contributed by atoms with van der Waals surface area (Å²) < 4.78 is 1.62. The van der Waals surface area contributed by atoms with Gasteiger partial charge in [0.15, 0.2) is 11.2 Å². The Morgan fingerprint density at radius 1 is 1.28 bits per heavy atom. The van der Waals surface area contributed by atoms with Crippen LogP contribution in [0.25, 0.3) is 11.2 Å². The number of hydrogen-bond acceptors (Lipinski definition) is 5. The molecule has 3 heterocycles. The average molecular weight is 413 g/mol. The largest absolute Gasteiger partial charge is 0.342 e. The Morgan fingerprint density at radius 3 is 2.93 bits per heavy atom. The van der Waals surface area contributed by atoms with E-state index < -0.39 is 0 Å². The third kappa shape index (κ3) is 3.64. The molecule has 1 aliphatic carbocycles. The lowest BCUT2D eigenvalue weighted by molar-refractivity contribution is -0.133. The number of hydrogen-bond donors (Lipinski definition) is 1. The molecule has 0 unspecified atom stereocenters. The van der Waals surface area contributed by atoms with Crippen molar-refractivity contribution in [3.63, 3.8) is 0 Å². The molecular formula is C20H21ClN6O2. The molecule has 2 aromatic heterocycles. The van der Waals surface area contributed by atoms with E-state index in [9.17, 15) is 9.59 Å². The zero-order valence-electron chi connectivity index (χ0n) is 15.8. The lowest BCUT2D eigenvalue weighted by Crippen LogP contribution is -2.40. The lowest BCUT2D eigenvalue weighted by atomic mass is 9.96. The maximum absolute atomic E-state index is 12.6. The maximum Gasteiger partial charge on any atom is 0.281 e. The molecule has 1 amide bonds. The van der Waals surface area contributed by atoms with Crippen molar-refractivity contribution in [2.75, 3.05) is 13.1 Å². The van der Waals surface area contributed by atoms with Gasteiger partial charge in [-0.3, -0.25) is 9.59 Å². The second-order valence-electron chi connectivity index (χ2n) is 7.90. The van der Waals surface area contributed by atoms with Crippen LogP contribution in [0.3, 0.4) is 0 Å². The number of piperidine rings is 1. The number of rotatable bonds is 4. The summed E-state index contributed by atoms with van der Waals surface area (Å²) in [7, 11) is 0. The summed E-state index contributed by atoms with van der Waals surface area (Å²) in [5, 5.41) is 8.77. The fourth-order valence-electron chi connectivity index (χ4n) is 3.98. The molecule has 1 atom stereocenters. The van der Waals surface area contributed by atoms with Crippen LogP contribution in [0.2, 0.25) is 5.02 Å². The van der Waals surface area contributed by atoms with Gasteiger partial charge in [0.25, 0.3) is 5.56 Å². The standard InChI is InChI=1S/C20H21ClN6O2/c21-15-5-1-3-12(9-15)10-27-18-16(24-25-27)19(28)23-17(22-18)14-4-2-8-26(11-14)20(29)13-6-7-13/h1,3,5,9,13-14H,2,4,6-8,10-11H2,(H,22,23,28)/t14-/m1/s1. The van der Waals surface area contributed by atoms with Gasteiger partial charge in [-0.15, -0.1) is 5.10 Å². The third-order valence-electron chi connectivity index (χ3n) is 5.66. The zero-order chi connectivity index (χ0) is 20.0. The maximum atomic E-state index is 12.6. The molecule has 9 heteroatoms. The highest BCUT2D eigenvalue weighted by Crippen LogP contribution is 2.33. The van der Waals surface area contributed by atoms with E-state index in [4.69, 9.17) is 16.6 Å². The quantitative estimate of drug-likeness (QED) is 0.709. The Bertz CT molecular complexity index is 1140. The minimum atomic E-state index is -0.298. The second-order valence-corrected chi connectivity index (χ2v) is 8.33. The van der Waals surface area contributed by atoms with Gasteiger partial charge in [-0.1, -0.05) is 28.9 Å². The van der Waals surface area contributed by atoms with Gasteiger partial charge in [0.1, 0.15) is 5.82 Å². The molecule has 1 aromatic carbocycles. The zero-order valence-corrected chi connectivity index (χ0v) is 16.6. The molecule has 5 rings (SSSR count). The van der Waals surface area contributed by atoms with E-state index in [-0.39, 0.29) is 28.8 Å². The van der Waals surface area contributed by atoms with Crippen molar-refractivity contribution in [2.45, 2.75) is 38.1 Å². The Hall–Kier alpha value is -2.74. The van der Waals surface area contributed by atoms with E-state index in [2.05, 4.69) is 15.3 Å². The topological polar surface area (TPSA) is 96.8 Å². The van der Waals surface area contributed by atoms with Crippen molar-refractivity contribution >= 4 is 28.7 Å². The molecule has 0 spiro atoms. The van der Waals surface area contributed by atoms with Crippen molar-refractivity contribution < 1.29 is 4.79 Å². The third-order valence-corrected chi connectivity index (χ3v) is 5.89. The Morgan fingerprint density at radius 2 is 2.14 bits per heavy atom. The van der Waals surface area contributed by atoms with Crippen LogP contribution in [0.4, 0.5) is 0 Å². The smallest absolute Gasteiger partial charge is 0.281 e. The van der Waals surface area contributed by atoms with Crippen LogP contribution in [0.15, 0.2) is 29.1 Å². The van der Waals surface area contributed by atoms with Gasteiger partial charge in [0.2, 0.25) is 5.91 Å². The summed E-state index contributed by atoms with van der Waals surface area (Å²) in [6.07, 6.45) is 3.79. The van der Waals surface area contributed by atoms with E-state index in [1.807, 2.05) is 29.2 Å². The Balaban J connectivity index is 1.45. The monoisotopic (exact) mass is 412 g/mol. The second kappa shape index (κ2) is 7.26. The number of aromatic nitrogens is 5. The molecule has 1 saturated heterocycles. The first-order chi connectivity index (χ1) is 14.1. The van der Waals surface area contributed by atoms with E-state index in [1.165, 1.54) is 0 Å². The predicted molar refractivity (Wildman–Crippen MR) is 108 cm³/mol. The lowest BCUT2D eigenvalue weighted by Gasteiger charge is -2.32. The molecule has 1 N–H and O–H groups in total. The summed E-state index contributed by atoms with van der Waals surface area (Å²) >= 11 is 6.07. The Kier molecular flexibility index (Phi) is 4.58. The molecule has 150 valence electrons. The molecule has 2 aliphatic rings. The average Bonchev–Trinajstić information content (AvgIpc) is 3.49. The molecule has 0 radical (unpaired) electrons. The Labute approximate surface area is 171 Å². The van der Waals surface area contributed by atoms with Gasteiger partial charge < -0.3 is 9.88 Å². The van der Waals surface area contributed by atoms with Crippen molar-refractivity contribution in [1.82, 2.24) is 29.9 Å². The minimum absolute atomic E-state index is 0.0121. The number of likely N-dealkylation sites (tertiary alicyclic amines) is 1. The van der Waals surface area contributed by atoms with Gasteiger partial charge in [0.05, 0.1) is 6.54 Å². The highest BCUT2D eigenvalue weighted by atomic mass is 35.5. The number of aromatic amines is 1. The molecular weight excluding hydrogens is 392 g/mol. The number of benzene rings is 1. The van der Waals surface area contributed by atoms with Gasteiger partial charge in [-0.25, -0.2) is 9.67 Å². The van der Waals surface area contributed by atoms with Crippen molar-refractivity contribution in [3.05, 3.63) is 51.0 Å². The highest BCUT2D eigenvalue weighted by Gasteiger charge is 2.36. The molecule has 29 heavy (non-hydrogen) atoms. The molecule has 3 aromatic rings. The van der Waals surface area contributed by atoms with E-state index in [0.29, 0.717) is 29.6 Å². The highest BCUT2D eigenvalue weighted by molar-refractivity contribution is 6.30. The summed E-state index contributed by atoms with van der Waals surface area (Å²) in [6.45, 7) is 1.80. The number of nitrogens with one attached hydrogen (secondary N) is 1. The summed E-state index contributed by atoms with van der Waals surface area (Å²) in [5.41, 5.74) is 1.33. The number of amides is 1. The SMILES string of the molecule is O=C(C1CC1)N1CCC[C@@H](c2nc3c(nnn3Cc3cccc(Cl)c3)c(=O)[nH]2)C1. The molecule has 1 aliphatic heterocycles. The van der Waals surface area contributed by atoms with Gasteiger partial charge in [-0.05, 0) is 43.4 Å². The van der Waals surface area contributed by atoms with E-state index in [0.717, 1.165) is 37.8 Å². The van der Waals surface area contributed by atoms with Crippen LogP contribution < -0.4 is 5.56 Å². The summed E-state index contributed by atoms with van der Waals surface area (Å²) in [6, 6.07) is 7.47. The minimum Gasteiger partial charge on any atom is -0.342 e. The van der Waals surface area contributed by atoms with Crippen LogP contribution in [0.5, 0.6) is 0 Å². The first-order valence-corrected chi connectivity index (χ1v) is 10.3. The summed E-state index contributed by atoms with van der Waals surface area (Å²) in [5.74, 6) is 1.06. The van der Waals surface area contributed by atoms with Gasteiger partial charge >= 0.3 is 0 Å². The summed E-state index contributed by atoms with van der Waals surface area (Å²) in [4.78, 5) is 34.5. The number of carbonyl (C=O) groups is 1. The molecule has 8 nitrogen and oxygen atoms in total. The van der Waals surface area contributed by atoms with Gasteiger partial charge in [0, 0.05) is 29.9 Å². The number of halogens is 1. The van der Waals surface area contributed by atoms with E-state index in [1.54, 1.807) is 4.68 Å². The van der Waals surface area contributed by atoms with Crippen LogP contribution in [0.1, 0.15) is 43.0 Å². The van der Waals surface area contributed by atoms with Crippen molar-refractivity contribution in [1.29, 1.82) is 0 Å². The first kappa shape index (κ1) is 18.3. The number of H-pyrrole nitrogens is 1. The van der Waals surface area contributed by atoms with Crippen molar-refractivity contribution in [3.8, 4) is 0 Å². The fourth-order valence-corrected chi connectivity index (χ4v) is 4.19. The predicted octanol–water partition coefficient (Wildman–Crippen LogP) is 2.33. The first-order valence-electron chi connectivity index (χ1n) is 9.95. The fraction of sp³-hybridized carbons (Fsp3) is 0.450. The molecule has 0 bridgehead atoms. The van der Waals surface area contributed by atoms with Crippen LogP contribution in [-0.2, 0) is 11.3 Å². The normalized spacial score (nSPS) is 19.6. The molecule has 2 fully saturated rings.